The summed E-state index contributed by atoms with van der Waals surface area (Å²) in [4.78, 5) is 0. The molecule has 26 heavy (non-hydrogen) atoms. The monoisotopic (exact) mass is 340 g/mol. The Kier molecular flexibility index (Phi) is 3.56. The van der Waals surface area contributed by atoms with Gasteiger partial charge in [0.2, 0.25) is 0 Å². The van der Waals surface area contributed by atoms with Gasteiger partial charge in [-0.25, -0.2) is 0 Å². The Labute approximate surface area is 151 Å². The number of aliphatic hydroxyl groups excluding tert-OH is 2. The van der Waals surface area contributed by atoms with E-state index in [-0.39, 0.29) is 13.2 Å². The first kappa shape index (κ1) is 15.6. The van der Waals surface area contributed by atoms with Gasteiger partial charge in [-0.1, -0.05) is 60.7 Å². The lowest BCUT2D eigenvalue weighted by molar-refractivity contribution is 0.299. The molecule has 0 bridgehead atoms. The zero-order valence-corrected chi connectivity index (χ0v) is 14.5. The van der Waals surface area contributed by atoms with E-state index in [1.807, 2.05) is 0 Å². The summed E-state index contributed by atoms with van der Waals surface area (Å²) in [6, 6.07) is 21.7. The maximum absolute atomic E-state index is 9.43. The lowest BCUT2D eigenvalue weighted by Gasteiger charge is -2.17. The summed E-state index contributed by atoms with van der Waals surface area (Å²) < 4.78 is 0. The average Bonchev–Trinajstić information content (AvgIpc) is 2.68. The SMILES string of the molecule is OCCc1ccc2c3cccc4c(CCO)ccc(c5cccc1c52)c43. The van der Waals surface area contributed by atoms with Gasteiger partial charge in [0, 0.05) is 13.2 Å². The van der Waals surface area contributed by atoms with E-state index in [2.05, 4.69) is 60.7 Å². The highest BCUT2D eigenvalue weighted by Gasteiger charge is 2.15. The van der Waals surface area contributed by atoms with Crippen LogP contribution in [0.4, 0.5) is 0 Å². The number of rotatable bonds is 4. The van der Waals surface area contributed by atoms with Crippen LogP contribution in [0.25, 0.3) is 43.1 Å². The van der Waals surface area contributed by atoms with Crippen molar-refractivity contribution in [3.05, 3.63) is 71.8 Å². The normalized spacial score (nSPS) is 12.1. The van der Waals surface area contributed by atoms with Crippen LogP contribution in [0, 0.1) is 0 Å². The van der Waals surface area contributed by atoms with Gasteiger partial charge in [-0.2, -0.15) is 0 Å². The smallest absolute Gasteiger partial charge is 0.0471 e. The van der Waals surface area contributed by atoms with Crippen LogP contribution in [-0.2, 0) is 12.8 Å². The zero-order valence-electron chi connectivity index (χ0n) is 14.5. The van der Waals surface area contributed by atoms with Gasteiger partial charge >= 0.3 is 0 Å². The molecule has 5 rings (SSSR count). The van der Waals surface area contributed by atoms with Crippen molar-refractivity contribution >= 4 is 43.1 Å². The molecule has 0 aromatic heterocycles. The Morgan fingerprint density at radius 2 is 0.846 bits per heavy atom. The average molecular weight is 340 g/mol. The van der Waals surface area contributed by atoms with Crippen molar-refractivity contribution in [1.29, 1.82) is 0 Å². The second-order valence-corrected chi connectivity index (χ2v) is 6.95. The minimum Gasteiger partial charge on any atom is -0.396 e. The predicted octanol–water partition coefficient (Wildman–Crippen LogP) is 4.81. The van der Waals surface area contributed by atoms with Crippen molar-refractivity contribution in [1.82, 2.24) is 0 Å². The molecule has 0 unspecified atom stereocenters. The summed E-state index contributed by atoms with van der Waals surface area (Å²) in [6.07, 6.45) is 1.35. The first-order valence-electron chi connectivity index (χ1n) is 9.15. The molecular formula is C24H20O2. The number of benzene rings is 5. The van der Waals surface area contributed by atoms with Crippen molar-refractivity contribution in [2.24, 2.45) is 0 Å². The third-order valence-electron chi connectivity index (χ3n) is 5.60. The maximum Gasteiger partial charge on any atom is 0.0471 e. The van der Waals surface area contributed by atoms with Crippen LogP contribution in [0.5, 0.6) is 0 Å². The van der Waals surface area contributed by atoms with Gasteiger partial charge in [-0.05, 0) is 67.1 Å². The van der Waals surface area contributed by atoms with E-state index in [1.165, 1.54) is 54.2 Å². The summed E-state index contributed by atoms with van der Waals surface area (Å²) in [5.41, 5.74) is 2.39. The molecule has 0 heterocycles. The van der Waals surface area contributed by atoms with Gasteiger partial charge in [0.15, 0.2) is 0 Å². The molecule has 128 valence electrons. The summed E-state index contributed by atoms with van der Waals surface area (Å²) >= 11 is 0. The molecule has 0 saturated heterocycles. The number of fused-ring (bicyclic) bond motifs is 2. The predicted molar refractivity (Wildman–Crippen MR) is 109 cm³/mol. The van der Waals surface area contributed by atoms with Crippen molar-refractivity contribution in [2.45, 2.75) is 12.8 Å². The zero-order chi connectivity index (χ0) is 17.7. The molecule has 0 spiro atoms. The van der Waals surface area contributed by atoms with Gasteiger partial charge in [0.05, 0.1) is 0 Å². The van der Waals surface area contributed by atoms with E-state index in [0.717, 1.165) is 0 Å². The van der Waals surface area contributed by atoms with Gasteiger partial charge in [-0.3, -0.25) is 0 Å². The van der Waals surface area contributed by atoms with Gasteiger partial charge in [-0.15, -0.1) is 0 Å². The topological polar surface area (TPSA) is 40.5 Å². The Balaban J connectivity index is 2.04. The van der Waals surface area contributed by atoms with Crippen molar-refractivity contribution < 1.29 is 10.2 Å². The van der Waals surface area contributed by atoms with Crippen LogP contribution in [0.2, 0.25) is 0 Å². The summed E-state index contributed by atoms with van der Waals surface area (Å²) in [7, 11) is 0. The first-order chi connectivity index (χ1) is 12.8. The van der Waals surface area contributed by atoms with Crippen molar-refractivity contribution in [3.63, 3.8) is 0 Å². The second kappa shape index (κ2) is 5.94. The van der Waals surface area contributed by atoms with Crippen LogP contribution in [0.3, 0.4) is 0 Å². The Morgan fingerprint density at radius 3 is 1.27 bits per heavy atom. The third kappa shape index (κ3) is 2.06. The standard InChI is InChI=1S/C24H20O2/c25-13-11-15-7-10-22-20-6-2-4-18-16(12-14-26)8-9-21(24(18)20)19-5-1-3-17(15)23(19)22/h1-10,25-26H,11-14H2. The molecule has 0 radical (unpaired) electrons. The van der Waals surface area contributed by atoms with Gasteiger partial charge in [0.1, 0.15) is 0 Å². The Morgan fingerprint density at radius 1 is 0.462 bits per heavy atom. The van der Waals surface area contributed by atoms with Crippen LogP contribution in [0.1, 0.15) is 11.1 Å². The van der Waals surface area contributed by atoms with Gasteiger partial charge < -0.3 is 10.2 Å². The molecule has 2 N–H and O–H groups in total. The van der Waals surface area contributed by atoms with Crippen molar-refractivity contribution in [2.75, 3.05) is 13.2 Å². The fraction of sp³-hybridized carbons (Fsp3) is 0.167. The molecule has 0 aliphatic carbocycles. The molecule has 0 fully saturated rings. The fourth-order valence-electron chi connectivity index (χ4n) is 4.51. The molecule has 5 aromatic rings. The molecule has 0 saturated carbocycles. The third-order valence-corrected chi connectivity index (χ3v) is 5.60. The van der Waals surface area contributed by atoms with E-state index in [9.17, 15) is 10.2 Å². The minimum absolute atomic E-state index is 0.162. The highest BCUT2D eigenvalue weighted by atomic mass is 16.3. The lowest BCUT2D eigenvalue weighted by Crippen LogP contribution is -1.96. The maximum atomic E-state index is 9.43. The van der Waals surface area contributed by atoms with E-state index in [1.54, 1.807) is 0 Å². The summed E-state index contributed by atoms with van der Waals surface area (Å²) in [5.74, 6) is 0. The molecule has 2 heteroatoms. The molecule has 0 aliphatic heterocycles. The fourth-order valence-corrected chi connectivity index (χ4v) is 4.51. The molecule has 0 atom stereocenters. The number of hydrogen-bond donors (Lipinski definition) is 2. The minimum atomic E-state index is 0.162. The van der Waals surface area contributed by atoms with Crippen LogP contribution in [-0.4, -0.2) is 23.4 Å². The van der Waals surface area contributed by atoms with Crippen LogP contribution < -0.4 is 0 Å². The van der Waals surface area contributed by atoms with E-state index < -0.39 is 0 Å². The molecule has 0 amide bonds. The highest BCUT2D eigenvalue weighted by molar-refractivity contribution is 6.33. The molecule has 2 nitrogen and oxygen atoms in total. The highest BCUT2D eigenvalue weighted by Crippen LogP contribution is 2.41. The Bertz CT molecular complexity index is 1130. The van der Waals surface area contributed by atoms with E-state index in [4.69, 9.17) is 0 Å². The molecule has 5 aromatic carbocycles. The van der Waals surface area contributed by atoms with Gasteiger partial charge in [0.25, 0.3) is 0 Å². The summed E-state index contributed by atoms with van der Waals surface area (Å²) in [5, 5.41) is 28.9. The Hall–Kier alpha value is -2.68. The lowest BCUT2D eigenvalue weighted by atomic mass is 9.86. The van der Waals surface area contributed by atoms with Crippen molar-refractivity contribution in [3.8, 4) is 0 Å². The first-order valence-corrected chi connectivity index (χ1v) is 9.15. The number of hydrogen-bond acceptors (Lipinski definition) is 2. The molecular weight excluding hydrogens is 320 g/mol. The number of aliphatic hydroxyl groups is 2. The van der Waals surface area contributed by atoms with Crippen LogP contribution in [0.15, 0.2) is 60.7 Å². The van der Waals surface area contributed by atoms with E-state index in [0.29, 0.717) is 12.8 Å². The largest absolute Gasteiger partial charge is 0.396 e. The van der Waals surface area contributed by atoms with E-state index >= 15 is 0 Å². The second-order valence-electron chi connectivity index (χ2n) is 6.95. The van der Waals surface area contributed by atoms with Crippen LogP contribution >= 0.6 is 0 Å². The quantitative estimate of drug-likeness (QED) is 0.364. The molecule has 0 aliphatic rings. The summed E-state index contributed by atoms with van der Waals surface area (Å²) in [6.45, 7) is 0.324.